The van der Waals surface area contributed by atoms with E-state index in [9.17, 15) is 8.42 Å². The fraction of sp³-hybridized carbons (Fsp3) is 0.333. The molecule has 0 aliphatic rings. The largest absolute Gasteiger partial charge is 0.497 e. The lowest BCUT2D eigenvalue weighted by molar-refractivity contribution is 0.415. The summed E-state index contributed by atoms with van der Waals surface area (Å²) in [6, 6.07) is 11.5. The molecule has 20 heavy (non-hydrogen) atoms. The van der Waals surface area contributed by atoms with E-state index in [2.05, 4.69) is 0 Å². The van der Waals surface area contributed by atoms with Crippen molar-refractivity contribution in [3.05, 3.63) is 42.0 Å². The molecule has 0 amide bonds. The number of halogens is 1. The van der Waals surface area contributed by atoms with Gasteiger partial charge in [-0.25, -0.2) is 8.42 Å². The van der Waals surface area contributed by atoms with Crippen LogP contribution in [0.3, 0.4) is 0 Å². The van der Waals surface area contributed by atoms with E-state index in [4.69, 9.17) is 16.3 Å². The first-order chi connectivity index (χ1) is 9.32. The fourth-order valence-corrected chi connectivity index (χ4v) is 3.32. The molecule has 0 heterocycles. The number of alkyl halides is 1. The number of methoxy groups -OCH3 is 1. The number of sulfone groups is 1. The van der Waals surface area contributed by atoms with Gasteiger partial charge in [-0.15, -0.1) is 11.6 Å². The zero-order valence-corrected chi connectivity index (χ0v) is 13.2. The molecular weight excluding hydrogens is 296 g/mol. The van der Waals surface area contributed by atoms with Crippen molar-refractivity contribution >= 4 is 32.2 Å². The van der Waals surface area contributed by atoms with Gasteiger partial charge < -0.3 is 4.74 Å². The van der Waals surface area contributed by atoms with Crippen LogP contribution in [0.4, 0.5) is 0 Å². The summed E-state index contributed by atoms with van der Waals surface area (Å²) >= 11 is 6.30. The molecule has 2 unspecified atom stereocenters. The Morgan fingerprint density at radius 1 is 1.10 bits per heavy atom. The molecule has 0 aromatic heterocycles. The van der Waals surface area contributed by atoms with Crippen LogP contribution in [0.5, 0.6) is 5.75 Å². The maximum Gasteiger partial charge on any atom is 0.151 e. The fourth-order valence-electron chi connectivity index (χ4n) is 2.03. The Labute approximate surface area is 124 Å². The van der Waals surface area contributed by atoms with Gasteiger partial charge >= 0.3 is 0 Å². The second-order valence-corrected chi connectivity index (χ2v) is 7.78. The minimum absolute atomic E-state index is 0.559. The number of hydrogen-bond donors (Lipinski definition) is 0. The molecule has 3 nitrogen and oxygen atoms in total. The lowest BCUT2D eigenvalue weighted by Crippen LogP contribution is -2.21. The Kier molecular flexibility index (Phi) is 4.25. The van der Waals surface area contributed by atoms with Crippen molar-refractivity contribution in [2.75, 3.05) is 13.4 Å². The third-order valence-electron chi connectivity index (χ3n) is 3.48. The van der Waals surface area contributed by atoms with Crippen molar-refractivity contribution in [3.63, 3.8) is 0 Å². The third-order valence-corrected chi connectivity index (χ3v) is 5.88. The van der Waals surface area contributed by atoms with Gasteiger partial charge in [0.05, 0.1) is 17.7 Å². The summed E-state index contributed by atoms with van der Waals surface area (Å²) in [5, 5.41) is 0.856. The summed E-state index contributed by atoms with van der Waals surface area (Å²) in [4.78, 5) is 0. The molecule has 0 saturated heterocycles. The Morgan fingerprint density at radius 3 is 2.30 bits per heavy atom. The van der Waals surface area contributed by atoms with Crippen molar-refractivity contribution in [2.24, 2.45) is 0 Å². The third kappa shape index (κ3) is 3.07. The van der Waals surface area contributed by atoms with Crippen molar-refractivity contribution < 1.29 is 13.2 Å². The molecule has 0 spiro atoms. The van der Waals surface area contributed by atoms with Gasteiger partial charge in [-0.1, -0.05) is 18.2 Å². The Bertz CT molecular complexity index is 725. The molecular formula is C15H17ClO3S. The van der Waals surface area contributed by atoms with E-state index in [1.807, 2.05) is 36.4 Å². The molecule has 0 bridgehead atoms. The minimum atomic E-state index is -3.17. The zero-order valence-electron chi connectivity index (χ0n) is 11.6. The summed E-state index contributed by atoms with van der Waals surface area (Å²) in [7, 11) is -1.54. The van der Waals surface area contributed by atoms with Crippen LogP contribution in [0.15, 0.2) is 36.4 Å². The number of ether oxygens (including phenoxy) is 1. The van der Waals surface area contributed by atoms with Crippen LogP contribution in [-0.4, -0.2) is 27.0 Å². The lowest BCUT2D eigenvalue weighted by atomic mass is 10.0. The highest BCUT2D eigenvalue weighted by atomic mass is 35.5. The summed E-state index contributed by atoms with van der Waals surface area (Å²) in [5.41, 5.74) is 0.808. The van der Waals surface area contributed by atoms with E-state index in [-0.39, 0.29) is 0 Å². The van der Waals surface area contributed by atoms with E-state index in [0.717, 1.165) is 22.1 Å². The summed E-state index contributed by atoms with van der Waals surface area (Å²) in [5.74, 6) is 0.789. The quantitative estimate of drug-likeness (QED) is 0.811. The maximum absolute atomic E-state index is 11.6. The van der Waals surface area contributed by atoms with Crippen LogP contribution in [0, 0.1) is 0 Å². The van der Waals surface area contributed by atoms with E-state index in [1.54, 1.807) is 14.0 Å². The van der Waals surface area contributed by atoms with E-state index in [1.165, 1.54) is 6.26 Å². The number of rotatable bonds is 4. The molecule has 0 saturated carbocycles. The molecule has 0 aliphatic carbocycles. The molecule has 5 heteroatoms. The highest BCUT2D eigenvalue weighted by molar-refractivity contribution is 7.91. The SMILES string of the molecule is COc1ccc2cc(C(Cl)C(C)S(C)(=O)=O)ccc2c1. The first kappa shape index (κ1) is 15.1. The van der Waals surface area contributed by atoms with Gasteiger partial charge in [0, 0.05) is 6.26 Å². The molecule has 108 valence electrons. The summed E-state index contributed by atoms with van der Waals surface area (Å²) in [6.07, 6.45) is 1.21. The molecule has 2 aromatic carbocycles. The molecule has 0 fully saturated rings. The second-order valence-electron chi connectivity index (χ2n) is 4.91. The molecule has 2 aromatic rings. The van der Waals surface area contributed by atoms with Gasteiger partial charge in [0.15, 0.2) is 9.84 Å². The monoisotopic (exact) mass is 312 g/mol. The van der Waals surface area contributed by atoms with Crippen molar-refractivity contribution in [1.82, 2.24) is 0 Å². The standard InChI is InChI=1S/C15H17ClO3S/c1-10(20(3,17)18)15(16)13-5-4-12-9-14(19-2)7-6-11(12)8-13/h4-10,15H,1-3H3. The molecule has 0 radical (unpaired) electrons. The van der Waals surface area contributed by atoms with Crippen LogP contribution < -0.4 is 4.74 Å². The average molecular weight is 313 g/mol. The van der Waals surface area contributed by atoms with Crippen molar-refractivity contribution in [1.29, 1.82) is 0 Å². The molecule has 2 atom stereocenters. The van der Waals surface area contributed by atoms with Crippen molar-refractivity contribution in [2.45, 2.75) is 17.6 Å². The van der Waals surface area contributed by atoms with Gasteiger partial charge in [-0.05, 0) is 41.5 Å². The van der Waals surface area contributed by atoms with E-state index < -0.39 is 20.5 Å². The molecule has 0 aliphatic heterocycles. The summed E-state index contributed by atoms with van der Waals surface area (Å²) < 4.78 is 28.4. The number of benzene rings is 2. The van der Waals surface area contributed by atoms with Crippen LogP contribution in [0.1, 0.15) is 17.9 Å². The van der Waals surface area contributed by atoms with Crippen LogP contribution in [0.2, 0.25) is 0 Å². The Balaban J connectivity index is 2.42. The van der Waals surface area contributed by atoms with Gasteiger partial charge in [0.1, 0.15) is 5.75 Å². The average Bonchev–Trinajstić information content (AvgIpc) is 2.43. The zero-order chi connectivity index (χ0) is 14.9. The van der Waals surface area contributed by atoms with E-state index in [0.29, 0.717) is 0 Å². The maximum atomic E-state index is 11.6. The van der Waals surface area contributed by atoms with Crippen LogP contribution in [0.25, 0.3) is 10.8 Å². The smallest absolute Gasteiger partial charge is 0.151 e. The van der Waals surface area contributed by atoms with Crippen molar-refractivity contribution in [3.8, 4) is 5.75 Å². The number of fused-ring (bicyclic) bond motifs is 1. The Hall–Kier alpha value is -1.26. The first-order valence-electron chi connectivity index (χ1n) is 6.23. The highest BCUT2D eigenvalue weighted by Gasteiger charge is 2.25. The molecule has 2 rings (SSSR count). The second kappa shape index (κ2) is 5.62. The van der Waals surface area contributed by atoms with Gasteiger partial charge in [-0.3, -0.25) is 0 Å². The van der Waals surface area contributed by atoms with Gasteiger partial charge in [0.25, 0.3) is 0 Å². The summed E-state index contributed by atoms with van der Waals surface area (Å²) in [6.45, 7) is 1.63. The first-order valence-corrected chi connectivity index (χ1v) is 8.62. The minimum Gasteiger partial charge on any atom is -0.497 e. The van der Waals surface area contributed by atoms with E-state index >= 15 is 0 Å². The normalized spacial score (nSPS) is 15.0. The van der Waals surface area contributed by atoms with Gasteiger partial charge in [0.2, 0.25) is 0 Å². The topological polar surface area (TPSA) is 43.4 Å². The molecule has 0 N–H and O–H groups in total. The highest BCUT2D eigenvalue weighted by Crippen LogP contribution is 2.31. The van der Waals surface area contributed by atoms with Crippen LogP contribution in [-0.2, 0) is 9.84 Å². The Morgan fingerprint density at radius 2 is 1.70 bits per heavy atom. The van der Waals surface area contributed by atoms with Crippen LogP contribution >= 0.6 is 11.6 Å². The van der Waals surface area contributed by atoms with Gasteiger partial charge in [-0.2, -0.15) is 0 Å². The predicted octanol–water partition coefficient (Wildman–Crippen LogP) is 3.56. The predicted molar refractivity (Wildman–Crippen MR) is 83.4 cm³/mol. The lowest BCUT2D eigenvalue weighted by Gasteiger charge is -2.17. The number of hydrogen-bond acceptors (Lipinski definition) is 3.